The second-order valence-electron chi connectivity index (χ2n) is 23.9. The zero-order valence-electron chi connectivity index (χ0n) is 55.4. The molecule has 0 saturated carbocycles. The summed E-state index contributed by atoms with van der Waals surface area (Å²) in [6, 6.07) is 21.2. The SMILES string of the molecule is c1ccc(CN2CCOCCOCCN(CCCCCCCCCCN3CCOCCOCCN(CCCCCCCCCCN4CCOCCOCCN(Cc5ccccc5)CCOCCOCC4)CCOCCOCC3)CCOCCOCC2)cc1. The highest BCUT2D eigenvalue weighted by Crippen LogP contribution is 2.13. The summed E-state index contributed by atoms with van der Waals surface area (Å²) in [7, 11) is 0. The van der Waals surface area contributed by atoms with Crippen molar-refractivity contribution in [1.82, 2.24) is 29.4 Å². The molecule has 0 bridgehead atoms. The average molecular weight is 1240 g/mol. The van der Waals surface area contributed by atoms with E-state index in [1.807, 2.05) is 0 Å². The first kappa shape index (κ1) is 76.4. The molecule has 2 aromatic carbocycles. The maximum Gasteiger partial charge on any atom is 0.0701 e. The van der Waals surface area contributed by atoms with Crippen molar-refractivity contribution < 1.29 is 56.8 Å². The number of hydrogen-bond acceptors (Lipinski definition) is 18. The maximum absolute atomic E-state index is 6.07. The van der Waals surface area contributed by atoms with Gasteiger partial charge in [0, 0.05) is 91.6 Å². The van der Waals surface area contributed by atoms with Crippen LogP contribution < -0.4 is 0 Å². The van der Waals surface area contributed by atoms with Gasteiger partial charge in [-0.25, -0.2) is 0 Å². The van der Waals surface area contributed by atoms with Gasteiger partial charge in [0.15, 0.2) is 0 Å². The van der Waals surface area contributed by atoms with E-state index >= 15 is 0 Å². The lowest BCUT2D eigenvalue weighted by Gasteiger charge is -2.24. The Morgan fingerprint density at radius 1 is 0.182 bits per heavy atom. The first-order chi connectivity index (χ1) is 43.8. The molecule has 3 aliphatic heterocycles. The molecule has 2 aromatic rings. The van der Waals surface area contributed by atoms with Crippen LogP contribution in [0.1, 0.15) is 114 Å². The second kappa shape index (κ2) is 57.4. The van der Waals surface area contributed by atoms with Crippen LogP contribution in [0.5, 0.6) is 0 Å². The minimum absolute atomic E-state index is 0.625. The summed E-state index contributed by atoms with van der Waals surface area (Å²) in [5.41, 5.74) is 2.62. The average Bonchev–Trinajstić information content (AvgIpc) is 3.57. The molecule has 3 fully saturated rings. The van der Waals surface area contributed by atoms with Crippen LogP contribution in [0.3, 0.4) is 0 Å². The van der Waals surface area contributed by atoms with Crippen LogP contribution in [0, 0.1) is 0 Å². The molecule has 0 N–H and O–H groups in total. The molecule has 3 heterocycles. The third-order valence-corrected chi connectivity index (χ3v) is 16.7. The molecule has 508 valence electrons. The maximum atomic E-state index is 6.07. The molecular weight excluding hydrogens is 1120 g/mol. The predicted molar refractivity (Wildman–Crippen MR) is 353 cm³/mol. The third-order valence-electron chi connectivity index (χ3n) is 16.7. The summed E-state index contributed by atoms with van der Waals surface area (Å²) in [6.07, 6.45) is 20.4. The van der Waals surface area contributed by atoms with E-state index < -0.39 is 0 Å². The summed E-state index contributed by atoms with van der Waals surface area (Å²) in [5.74, 6) is 0. The lowest BCUT2D eigenvalue weighted by Crippen LogP contribution is -2.34. The van der Waals surface area contributed by atoms with E-state index in [0.717, 1.165) is 171 Å². The number of nitrogens with zero attached hydrogens (tertiary/aromatic N) is 6. The van der Waals surface area contributed by atoms with Gasteiger partial charge in [-0.1, -0.05) is 138 Å². The third kappa shape index (κ3) is 44.3. The fraction of sp³-hybridized carbons (Fsp3) is 0.829. The van der Waals surface area contributed by atoms with E-state index in [1.165, 1.54) is 114 Å². The van der Waals surface area contributed by atoms with E-state index in [9.17, 15) is 0 Å². The Balaban J connectivity index is 0.812. The highest BCUT2D eigenvalue weighted by Gasteiger charge is 2.13. The van der Waals surface area contributed by atoms with Crippen molar-refractivity contribution in [1.29, 1.82) is 0 Å². The molecule has 5 rings (SSSR count). The number of rotatable bonds is 26. The van der Waals surface area contributed by atoms with Crippen LogP contribution in [0.15, 0.2) is 60.7 Å². The molecule has 0 amide bonds. The predicted octanol–water partition coefficient (Wildman–Crippen LogP) is 8.68. The number of hydrogen-bond donors (Lipinski definition) is 0. The summed E-state index contributed by atoms with van der Waals surface area (Å²) >= 11 is 0. The standard InChI is InChI=1S/C70H126N6O12/c1(3-7-11-21-29-73-35-47-81-59-63-85-51-39-75(67-69-23-15-13-16-24-69)40-52-86-64-60-82-48-36-73)5-9-19-27-71-31-43-77-55-57-79-45-33-72(34-46-80-58-56-78-44-32-71)28-20-10-6-2-4-8-12-22-30-74-37-49-83-61-65-87-53-41-76(68-70-25-17-14-18-26-70)42-54-88-66-62-84-50-38-74/h13-18,23-26H,1-12,19-22,27-68H2. The van der Waals surface area contributed by atoms with Gasteiger partial charge >= 0.3 is 0 Å². The minimum atomic E-state index is 0.625. The summed E-state index contributed by atoms with van der Waals surface area (Å²) in [4.78, 5) is 14.8. The molecule has 18 nitrogen and oxygen atoms in total. The van der Waals surface area contributed by atoms with Crippen molar-refractivity contribution in [2.75, 3.05) is 263 Å². The van der Waals surface area contributed by atoms with E-state index in [0.29, 0.717) is 106 Å². The number of benzene rings is 2. The van der Waals surface area contributed by atoms with Gasteiger partial charge in [-0.2, -0.15) is 0 Å². The fourth-order valence-corrected chi connectivity index (χ4v) is 11.3. The molecular formula is C70H126N6O12. The number of unbranched alkanes of at least 4 members (excludes halogenated alkanes) is 14. The molecule has 0 aromatic heterocycles. The minimum Gasteiger partial charge on any atom is -0.378 e. The summed E-state index contributed by atoms with van der Waals surface area (Å²) < 4.78 is 72.1. The lowest BCUT2D eigenvalue weighted by molar-refractivity contribution is 0.00699. The molecule has 0 atom stereocenters. The Labute approximate surface area is 535 Å². The van der Waals surface area contributed by atoms with Crippen LogP contribution in [0.2, 0.25) is 0 Å². The fourth-order valence-electron chi connectivity index (χ4n) is 11.3. The van der Waals surface area contributed by atoms with Crippen LogP contribution in [-0.4, -0.2) is 293 Å². The molecule has 3 aliphatic rings. The van der Waals surface area contributed by atoms with Crippen molar-refractivity contribution in [3.8, 4) is 0 Å². The first-order valence-electron chi connectivity index (χ1n) is 35.1. The first-order valence-corrected chi connectivity index (χ1v) is 35.1. The van der Waals surface area contributed by atoms with Crippen LogP contribution in [0.4, 0.5) is 0 Å². The van der Waals surface area contributed by atoms with Crippen molar-refractivity contribution >= 4 is 0 Å². The van der Waals surface area contributed by atoms with Crippen molar-refractivity contribution in [2.45, 2.75) is 116 Å². The second-order valence-corrected chi connectivity index (χ2v) is 23.9. The van der Waals surface area contributed by atoms with Crippen molar-refractivity contribution in [3.05, 3.63) is 71.8 Å². The monoisotopic (exact) mass is 1240 g/mol. The van der Waals surface area contributed by atoms with Crippen LogP contribution >= 0.6 is 0 Å². The van der Waals surface area contributed by atoms with Gasteiger partial charge < -0.3 is 56.8 Å². The van der Waals surface area contributed by atoms with Gasteiger partial charge in [-0.3, -0.25) is 29.4 Å². The Morgan fingerprint density at radius 3 is 0.523 bits per heavy atom. The summed E-state index contributed by atoms with van der Waals surface area (Å²) in [5, 5.41) is 0. The highest BCUT2D eigenvalue weighted by molar-refractivity contribution is 5.15. The zero-order chi connectivity index (χ0) is 61.2. The topological polar surface area (TPSA) is 130 Å². The van der Waals surface area contributed by atoms with Gasteiger partial charge in [0.05, 0.1) is 159 Å². The molecule has 18 heteroatoms. The van der Waals surface area contributed by atoms with E-state index in [-0.39, 0.29) is 0 Å². The van der Waals surface area contributed by atoms with E-state index in [2.05, 4.69) is 90.1 Å². The zero-order valence-corrected chi connectivity index (χ0v) is 55.4. The van der Waals surface area contributed by atoms with Gasteiger partial charge in [0.2, 0.25) is 0 Å². The van der Waals surface area contributed by atoms with Gasteiger partial charge in [0.25, 0.3) is 0 Å². The van der Waals surface area contributed by atoms with Crippen LogP contribution in [0.25, 0.3) is 0 Å². The quantitative estimate of drug-likeness (QED) is 0.0832. The Morgan fingerprint density at radius 2 is 0.341 bits per heavy atom. The molecule has 3 saturated heterocycles. The van der Waals surface area contributed by atoms with Crippen molar-refractivity contribution in [2.24, 2.45) is 0 Å². The largest absolute Gasteiger partial charge is 0.378 e. The Kier molecular flexibility index (Phi) is 49.8. The highest BCUT2D eigenvalue weighted by atomic mass is 16.5. The van der Waals surface area contributed by atoms with Crippen molar-refractivity contribution in [3.63, 3.8) is 0 Å². The van der Waals surface area contributed by atoms with Gasteiger partial charge in [0.1, 0.15) is 0 Å². The van der Waals surface area contributed by atoms with E-state index in [1.54, 1.807) is 0 Å². The molecule has 0 spiro atoms. The van der Waals surface area contributed by atoms with Gasteiger partial charge in [-0.05, 0) is 63.0 Å². The normalized spacial score (nSPS) is 21.1. The van der Waals surface area contributed by atoms with E-state index in [4.69, 9.17) is 56.8 Å². The molecule has 0 aliphatic carbocycles. The van der Waals surface area contributed by atoms with Crippen LogP contribution in [-0.2, 0) is 69.9 Å². The lowest BCUT2D eigenvalue weighted by atomic mass is 10.1. The van der Waals surface area contributed by atoms with Gasteiger partial charge in [-0.15, -0.1) is 0 Å². The smallest absolute Gasteiger partial charge is 0.0701 e. The summed E-state index contributed by atoms with van der Waals surface area (Å²) in [6.45, 7) is 33.2. The molecule has 0 radical (unpaired) electrons. The molecule has 88 heavy (non-hydrogen) atoms. The Hall–Kier alpha value is -2.28. The molecule has 0 unspecified atom stereocenters. The Bertz CT molecular complexity index is 1590. The number of ether oxygens (including phenoxy) is 12.